The summed E-state index contributed by atoms with van der Waals surface area (Å²) >= 11 is 12.1. The Hall–Kier alpha value is -0.770. The van der Waals surface area contributed by atoms with Crippen molar-refractivity contribution in [3.8, 4) is 0 Å². The van der Waals surface area contributed by atoms with Gasteiger partial charge in [0.2, 0.25) is 5.91 Å². The van der Waals surface area contributed by atoms with Gasteiger partial charge in [0.05, 0.1) is 6.04 Å². The van der Waals surface area contributed by atoms with E-state index in [1.165, 1.54) is 0 Å². The number of amides is 1. The molecule has 2 N–H and O–H groups in total. The first-order chi connectivity index (χ1) is 9.81. The van der Waals surface area contributed by atoms with E-state index in [4.69, 9.17) is 23.2 Å². The minimum absolute atomic E-state index is 0.00702. The highest BCUT2D eigenvalue weighted by Gasteiger charge is 2.17. The van der Waals surface area contributed by atoms with Gasteiger partial charge in [-0.2, -0.15) is 0 Å². The van der Waals surface area contributed by atoms with E-state index in [0.717, 1.165) is 12.0 Å². The molecule has 0 saturated carbocycles. The van der Waals surface area contributed by atoms with Crippen LogP contribution in [0.15, 0.2) is 18.2 Å². The average molecular weight is 331 g/mol. The maximum absolute atomic E-state index is 12.0. The van der Waals surface area contributed by atoms with Crippen molar-refractivity contribution in [2.75, 3.05) is 6.54 Å². The van der Waals surface area contributed by atoms with Crippen LogP contribution in [0.4, 0.5) is 0 Å². The van der Waals surface area contributed by atoms with Crippen LogP contribution in [0.1, 0.15) is 45.7 Å². The quantitative estimate of drug-likeness (QED) is 0.786. The first kappa shape index (κ1) is 18.3. The van der Waals surface area contributed by atoms with E-state index in [2.05, 4.69) is 24.5 Å². The zero-order valence-electron chi connectivity index (χ0n) is 13.0. The van der Waals surface area contributed by atoms with Crippen LogP contribution >= 0.6 is 23.2 Å². The highest BCUT2D eigenvalue weighted by Crippen LogP contribution is 2.26. The predicted octanol–water partition coefficient (Wildman–Crippen LogP) is 4.19. The van der Waals surface area contributed by atoms with Gasteiger partial charge in [-0.15, -0.1) is 0 Å². The number of rotatable bonds is 7. The van der Waals surface area contributed by atoms with Crippen molar-refractivity contribution in [3.05, 3.63) is 33.8 Å². The van der Waals surface area contributed by atoms with Crippen LogP contribution in [0.5, 0.6) is 0 Å². The largest absolute Gasteiger partial charge is 0.355 e. The maximum atomic E-state index is 12.0. The molecule has 1 aromatic carbocycles. The van der Waals surface area contributed by atoms with Crippen molar-refractivity contribution in [3.63, 3.8) is 0 Å². The van der Waals surface area contributed by atoms with E-state index in [9.17, 15) is 4.79 Å². The SMILES string of the molecule is CC(C)CCNC(=O)C(C)NC(C)c1ccc(Cl)cc1Cl. The summed E-state index contributed by atoms with van der Waals surface area (Å²) < 4.78 is 0. The molecule has 0 heterocycles. The number of benzene rings is 1. The van der Waals surface area contributed by atoms with Crippen LogP contribution in [-0.4, -0.2) is 18.5 Å². The molecule has 118 valence electrons. The molecule has 2 atom stereocenters. The molecule has 0 spiro atoms. The lowest BCUT2D eigenvalue weighted by atomic mass is 10.1. The van der Waals surface area contributed by atoms with Gasteiger partial charge < -0.3 is 5.32 Å². The summed E-state index contributed by atoms with van der Waals surface area (Å²) in [4.78, 5) is 12.0. The van der Waals surface area contributed by atoms with Crippen LogP contribution in [0.3, 0.4) is 0 Å². The van der Waals surface area contributed by atoms with E-state index >= 15 is 0 Å². The van der Waals surface area contributed by atoms with Crippen molar-refractivity contribution < 1.29 is 4.79 Å². The minimum atomic E-state index is -0.279. The van der Waals surface area contributed by atoms with Crippen LogP contribution in [0.25, 0.3) is 0 Å². The van der Waals surface area contributed by atoms with Gasteiger partial charge in [0, 0.05) is 22.6 Å². The summed E-state index contributed by atoms with van der Waals surface area (Å²) in [6, 6.07) is 5.09. The molecule has 0 radical (unpaired) electrons. The summed E-state index contributed by atoms with van der Waals surface area (Å²) in [5, 5.41) is 7.41. The van der Waals surface area contributed by atoms with Crippen LogP contribution in [0, 0.1) is 5.92 Å². The van der Waals surface area contributed by atoms with Gasteiger partial charge in [0.25, 0.3) is 0 Å². The Morgan fingerprint density at radius 2 is 1.86 bits per heavy atom. The van der Waals surface area contributed by atoms with Crippen LogP contribution < -0.4 is 10.6 Å². The summed E-state index contributed by atoms with van der Waals surface area (Å²) in [6.45, 7) is 8.81. The molecular formula is C16H24Cl2N2O. The number of hydrogen-bond donors (Lipinski definition) is 2. The molecule has 0 aliphatic rings. The second-order valence-electron chi connectivity index (χ2n) is 5.75. The van der Waals surface area contributed by atoms with E-state index in [1.807, 2.05) is 19.9 Å². The van der Waals surface area contributed by atoms with Gasteiger partial charge in [-0.25, -0.2) is 0 Å². The van der Waals surface area contributed by atoms with Crippen molar-refractivity contribution in [2.24, 2.45) is 5.92 Å². The molecule has 5 heteroatoms. The van der Waals surface area contributed by atoms with Gasteiger partial charge >= 0.3 is 0 Å². The highest BCUT2D eigenvalue weighted by atomic mass is 35.5. The van der Waals surface area contributed by atoms with E-state index in [0.29, 0.717) is 22.5 Å². The van der Waals surface area contributed by atoms with Crippen molar-refractivity contribution in [1.82, 2.24) is 10.6 Å². The fraction of sp³-hybridized carbons (Fsp3) is 0.562. The number of carbonyl (C=O) groups is 1. The lowest BCUT2D eigenvalue weighted by Crippen LogP contribution is -2.43. The van der Waals surface area contributed by atoms with Crippen LogP contribution in [-0.2, 0) is 4.79 Å². The predicted molar refractivity (Wildman–Crippen MR) is 89.9 cm³/mol. The topological polar surface area (TPSA) is 41.1 Å². The Morgan fingerprint density at radius 1 is 1.19 bits per heavy atom. The van der Waals surface area contributed by atoms with Gasteiger partial charge in [-0.05, 0) is 43.9 Å². The third-order valence-corrected chi connectivity index (χ3v) is 3.91. The number of nitrogens with one attached hydrogen (secondary N) is 2. The smallest absolute Gasteiger partial charge is 0.236 e. The van der Waals surface area contributed by atoms with Crippen LogP contribution in [0.2, 0.25) is 10.0 Å². The van der Waals surface area contributed by atoms with E-state index < -0.39 is 0 Å². The average Bonchev–Trinajstić information content (AvgIpc) is 2.37. The van der Waals surface area contributed by atoms with Crippen molar-refractivity contribution in [1.29, 1.82) is 0 Å². The number of carbonyl (C=O) groups excluding carboxylic acids is 1. The second-order valence-corrected chi connectivity index (χ2v) is 6.59. The summed E-state index contributed by atoms with van der Waals surface area (Å²) in [6.07, 6.45) is 0.983. The molecule has 2 unspecified atom stereocenters. The zero-order chi connectivity index (χ0) is 16.0. The summed E-state index contributed by atoms with van der Waals surface area (Å²) in [5.41, 5.74) is 0.933. The van der Waals surface area contributed by atoms with Crippen molar-refractivity contribution >= 4 is 29.1 Å². The molecule has 0 aliphatic heterocycles. The normalized spacial score (nSPS) is 14.0. The molecule has 0 aromatic heterocycles. The monoisotopic (exact) mass is 330 g/mol. The molecule has 0 fully saturated rings. The second kappa shape index (κ2) is 8.62. The molecule has 21 heavy (non-hydrogen) atoms. The Kier molecular flexibility index (Phi) is 7.50. The number of hydrogen-bond acceptors (Lipinski definition) is 2. The first-order valence-electron chi connectivity index (χ1n) is 7.30. The lowest BCUT2D eigenvalue weighted by Gasteiger charge is -2.21. The Labute approximate surface area is 137 Å². The molecule has 0 bridgehead atoms. The minimum Gasteiger partial charge on any atom is -0.355 e. The standard InChI is InChI=1S/C16H24Cl2N2O/c1-10(2)7-8-19-16(21)12(4)20-11(3)14-6-5-13(17)9-15(14)18/h5-6,9-12,20H,7-8H2,1-4H3,(H,19,21). The molecule has 0 aliphatic carbocycles. The van der Waals surface area contributed by atoms with E-state index in [-0.39, 0.29) is 18.0 Å². The maximum Gasteiger partial charge on any atom is 0.236 e. The third kappa shape index (κ3) is 6.25. The molecule has 1 amide bonds. The van der Waals surface area contributed by atoms with E-state index in [1.54, 1.807) is 12.1 Å². The Morgan fingerprint density at radius 3 is 2.43 bits per heavy atom. The third-order valence-electron chi connectivity index (χ3n) is 3.34. The Bertz CT molecular complexity index is 477. The molecular weight excluding hydrogens is 307 g/mol. The van der Waals surface area contributed by atoms with Gasteiger partial charge in [-0.3, -0.25) is 10.1 Å². The zero-order valence-corrected chi connectivity index (χ0v) is 14.6. The molecule has 0 saturated heterocycles. The first-order valence-corrected chi connectivity index (χ1v) is 8.05. The highest BCUT2D eigenvalue weighted by molar-refractivity contribution is 6.35. The summed E-state index contributed by atoms with van der Waals surface area (Å²) in [5.74, 6) is 0.591. The van der Waals surface area contributed by atoms with Gasteiger partial charge in [0.1, 0.15) is 0 Å². The van der Waals surface area contributed by atoms with Crippen molar-refractivity contribution in [2.45, 2.75) is 46.2 Å². The van der Waals surface area contributed by atoms with Gasteiger partial charge in [-0.1, -0.05) is 43.1 Å². The lowest BCUT2D eigenvalue weighted by molar-refractivity contribution is -0.122. The molecule has 1 rings (SSSR count). The van der Waals surface area contributed by atoms with Gasteiger partial charge in [0.15, 0.2) is 0 Å². The fourth-order valence-electron chi connectivity index (χ4n) is 2.03. The summed E-state index contributed by atoms with van der Waals surface area (Å²) in [7, 11) is 0. The fourth-order valence-corrected chi connectivity index (χ4v) is 2.60. The number of halogens is 2. The molecule has 3 nitrogen and oxygen atoms in total. The molecule has 1 aromatic rings. The Balaban J connectivity index is 2.53.